The van der Waals surface area contributed by atoms with Crippen molar-refractivity contribution in [3.63, 3.8) is 0 Å². The van der Waals surface area contributed by atoms with Crippen LogP contribution in [0.2, 0.25) is 0 Å². The fraction of sp³-hybridized carbons (Fsp3) is 0.120. The highest BCUT2D eigenvalue weighted by molar-refractivity contribution is 5.85. The maximum atomic E-state index is 6.01. The summed E-state index contributed by atoms with van der Waals surface area (Å²) in [6, 6.07) is 30.9. The molecule has 0 bridgehead atoms. The number of hydrogen-bond acceptors (Lipinski definition) is 3. The summed E-state index contributed by atoms with van der Waals surface area (Å²) in [7, 11) is 1.67. The number of hydrogen-bond donors (Lipinski definition) is 1. The maximum absolute atomic E-state index is 6.01. The summed E-state index contributed by atoms with van der Waals surface area (Å²) in [6.07, 6.45) is 0. The van der Waals surface area contributed by atoms with Gasteiger partial charge in [0, 0.05) is 12.2 Å². The Kier molecular flexibility index (Phi) is 5.43. The number of anilines is 1. The molecule has 0 heterocycles. The summed E-state index contributed by atoms with van der Waals surface area (Å²) in [5.41, 5.74) is 3.47. The first-order valence-corrected chi connectivity index (χ1v) is 9.38. The highest BCUT2D eigenvalue weighted by atomic mass is 16.5. The van der Waals surface area contributed by atoms with Crippen LogP contribution in [0.1, 0.15) is 11.1 Å². The maximum Gasteiger partial charge on any atom is 0.119 e. The van der Waals surface area contributed by atoms with Crippen LogP contribution in [0.15, 0.2) is 91.0 Å². The van der Waals surface area contributed by atoms with Crippen LogP contribution in [0.3, 0.4) is 0 Å². The van der Waals surface area contributed by atoms with Crippen LogP contribution in [0, 0.1) is 0 Å². The van der Waals surface area contributed by atoms with E-state index in [2.05, 4.69) is 59.9 Å². The summed E-state index contributed by atoms with van der Waals surface area (Å²) in [4.78, 5) is 0. The average Bonchev–Trinajstić information content (AvgIpc) is 2.77. The molecule has 3 nitrogen and oxygen atoms in total. The van der Waals surface area contributed by atoms with E-state index in [0.717, 1.165) is 23.7 Å². The van der Waals surface area contributed by atoms with Gasteiger partial charge in [-0.3, -0.25) is 0 Å². The summed E-state index contributed by atoms with van der Waals surface area (Å²) in [6.45, 7) is 1.32. The van der Waals surface area contributed by atoms with E-state index in [4.69, 9.17) is 9.47 Å². The van der Waals surface area contributed by atoms with E-state index < -0.39 is 0 Å². The zero-order valence-corrected chi connectivity index (χ0v) is 15.9. The zero-order valence-electron chi connectivity index (χ0n) is 15.9. The lowest BCUT2D eigenvalue weighted by atomic mass is 10.1. The van der Waals surface area contributed by atoms with E-state index in [-0.39, 0.29) is 0 Å². The Labute approximate surface area is 165 Å². The van der Waals surface area contributed by atoms with Crippen molar-refractivity contribution in [1.82, 2.24) is 0 Å². The molecule has 0 spiro atoms. The van der Waals surface area contributed by atoms with E-state index in [9.17, 15) is 0 Å². The molecule has 4 aromatic rings. The van der Waals surface area contributed by atoms with Crippen molar-refractivity contribution < 1.29 is 9.47 Å². The van der Waals surface area contributed by atoms with Crippen molar-refractivity contribution >= 4 is 16.5 Å². The molecular formula is C25H23NO2. The van der Waals surface area contributed by atoms with Crippen LogP contribution < -0.4 is 14.8 Å². The van der Waals surface area contributed by atoms with Crippen LogP contribution in [0.4, 0.5) is 5.69 Å². The highest BCUT2D eigenvalue weighted by Crippen LogP contribution is 2.21. The number of benzene rings is 4. The molecule has 0 fully saturated rings. The highest BCUT2D eigenvalue weighted by Gasteiger charge is 2.02. The minimum absolute atomic E-state index is 0.560. The van der Waals surface area contributed by atoms with E-state index in [1.54, 1.807) is 7.11 Å². The molecule has 0 saturated carbocycles. The van der Waals surface area contributed by atoms with Gasteiger partial charge in [-0.1, -0.05) is 54.6 Å². The Morgan fingerprint density at radius 2 is 1.43 bits per heavy atom. The van der Waals surface area contributed by atoms with Crippen molar-refractivity contribution in [3.05, 3.63) is 102 Å². The Bertz CT molecular complexity index is 1030. The summed E-state index contributed by atoms with van der Waals surface area (Å²) in [5, 5.41) is 5.89. The van der Waals surface area contributed by atoms with Gasteiger partial charge in [0.2, 0.25) is 0 Å². The molecule has 28 heavy (non-hydrogen) atoms. The van der Waals surface area contributed by atoms with E-state index >= 15 is 0 Å². The summed E-state index contributed by atoms with van der Waals surface area (Å²) >= 11 is 0. The molecule has 0 saturated heterocycles. The predicted octanol–water partition coefficient (Wildman–Crippen LogP) is 6.04. The summed E-state index contributed by atoms with van der Waals surface area (Å²) in [5.74, 6) is 1.74. The summed E-state index contributed by atoms with van der Waals surface area (Å²) < 4.78 is 11.2. The molecule has 0 aliphatic heterocycles. The zero-order chi connectivity index (χ0) is 19.2. The first kappa shape index (κ1) is 17.9. The van der Waals surface area contributed by atoms with Gasteiger partial charge >= 0.3 is 0 Å². The molecule has 4 rings (SSSR count). The standard InChI is InChI=1S/C25H23NO2/c1-27-23-15-11-22(12-16-23)26-17-19-9-13-24(14-10-19)28-18-21-7-4-6-20-5-2-3-8-25(20)21/h2-16,26H,17-18H2,1H3. The predicted molar refractivity (Wildman–Crippen MR) is 115 cm³/mol. The van der Waals surface area contributed by atoms with Crippen molar-refractivity contribution in [2.45, 2.75) is 13.2 Å². The molecule has 0 aliphatic carbocycles. The molecule has 3 heteroatoms. The second-order valence-corrected chi connectivity index (χ2v) is 6.65. The van der Waals surface area contributed by atoms with Gasteiger partial charge in [-0.2, -0.15) is 0 Å². The van der Waals surface area contributed by atoms with Gasteiger partial charge in [-0.05, 0) is 58.3 Å². The second-order valence-electron chi connectivity index (χ2n) is 6.65. The number of nitrogens with one attached hydrogen (secondary N) is 1. The lowest BCUT2D eigenvalue weighted by Gasteiger charge is -2.11. The van der Waals surface area contributed by atoms with E-state index in [1.165, 1.54) is 21.9 Å². The SMILES string of the molecule is COc1ccc(NCc2ccc(OCc3cccc4ccccc34)cc2)cc1. The van der Waals surface area contributed by atoms with Gasteiger partial charge in [0.05, 0.1) is 7.11 Å². The monoisotopic (exact) mass is 369 g/mol. The van der Waals surface area contributed by atoms with Crippen LogP contribution in [0.5, 0.6) is 11.5 Å². The van der Waals surface area contributed by atoms with E-state index in [1.807, 2.05) is 36.4 Å². The Balaban J connectivity index is 1.35. The topological polar surface area (TPSA) is 30.5 Å². The van der Waals surface area contributed by atoms with Crippen LogP contribution in [-0.4, -0.2) is 7.11 Å². The third kappa shape index (κ3) is 4.26. The first-order chi connectivity index (χ1) is 13.8. The Morgan fingerprint density at radius 1 is 0.714 bits per heavy atom. The van der Waals surface area contributed by atoms with Gasteiger partial charge in [-0.25, -0.2) is 0 Å². The Morgan fingerprint density at radius 3 is 2.21 bits per heavy atom. The lowest BCUT2D eigenvalue weighted by Crippen LogP contribution is -2.00. The quantitative estimate of drug-likeness (QED) is 0.431. The fourth-order valence-corrected chi connectivity index (χ4v) is 3.20. The van der Waals surface area contributed by atoms with E-state index in [0.29, 0.717) is 6.61 Å². The number of methoxy groups -OCH3 is 1. The molecule has 0 aromatic heterocycles. The van der Waals surface area contributed by atoms with Crippen molar-refractivity contribution in [2.24, 2.45) is 0 Å². The van der Waals surface area contributed by atoms with Gasteiger partial charge in [0.15, 0.2) is 0 Å². The van der Waals surface area contributed by atoms with Crippen molar-refractivity contribution in [2.75, 3.05) is 12.4 Å². The van der Waals surface area contributed by atoms with Crippen LogP contribution in [0.25, 0.3) is 10.8 Å². The van der Waals surface area contributed by atoms with Crippen molar-refractivity contribution in [1.29, 1.82) is 0 Å². The van der Waals surface area contributed by atoms with Gasteiger partial charge in [0.25, 0.3) is 0 Å². The van der Waals surface area contributed by atoms with Gasteiger partial charge < -0.3 is 14.8 Å². The molecule has 0 aliphatic rings. The molecule has 1 N–H and O–H groups in total. The number of ether oxygens (including phenoxy) is 2. The van der Waals surface area contributed by atoms with Gasteiger partial charge in [0.1, 0.15) is 18.1 Å². The fourth-order valence-electron chi connectivity index (χ4n) is 3.20. The lowest BCUT2D eigenvalue weighted by molar-refractivity contribution is 0.307. The molecule has 0 amide bonds. The minimum atomic E-state index is 0.560. The van der Waals surface area contributed by atoms with Crippen LogP contribution in [-0.2, 0) is 13.2 Å². The third-order valence-corrected chi connectivity index (χ3v) is 4.78. The molecule has 0 unspecified atom stereocenters. The first-order valence-electron chi connectivity index (χ1n) is 9.38. The Hall–Kier alpha value is -3.46. The smallest absolute Gasteiger partial charge is 0.119 e. The number of rotatable bonds is 7. The number of fused-ring (bicyclic) bond motifs is 1. The molecule has 140 valence electrons. The minimum Gasteiger partial charge on any atom is -0.497 e. The largest absolute Gasteiger partial charge is 0.497 e. The molecule has 0 radical (unpaired) electrons. The normalized spacial score (nSPS) is 10.6. The third-order valence-electron chi connectivity index (χ3n) is 4.78. The van der Waals surface area contributed by atoms with Gasteiger partial charge in [-0.15, -0.1) is 0 Å². The molecular weight excluding hydrogens is 346 g/mol. The molecule has 4 aromatic carbocycles. The second kappa shape index (κ2) is 8.49. The average molecular weight is 369 g/mol. The molecule has 0 atom stereocenters. The van der Waals surface area contributed by atoms with Crippen LogP contribution >= 0.6 is 0 Å². The van der Waals surface area contributed by atoms with Crippen molar-refractivity contribution in [3.8, 4) is 11.5 Å².